The molecule has 24 rings (SSSR count). The molecule has 0 spiro atoms. The zero-order valence-electron chi connectivity index (χ0n) is 78.8. The summed E-state index contributed by atoms with van der Waals surface area (Å²) in [6.07, 6.45) is 0. The third-order valence-electron chi connectivity index (χ3n) is 28.0. The van der Waals surface area contributed by atoms with Gasteiger partial charge in [-0.3, -0.25) is 0 Å². The second-order valence-corrected chi connectivity index (χ2v) is 37.7. The van der Waals surface area contributed by atoms with Crippen LogP contribution in [0.5, 0.6) is 0 Å². The summed E-state index contributed by atoms with van der Waals surface area (Å²) in [6.45, 7) is 36.8. The average Bonchev–Trinajstić information content (AvgIpc) is 1.54. The highest BCUT2D eigenvalue weighted by Gasteiger charge is 2.40. The van der Waals surface area contributed by atoms with E-state index in [9.17, 15) is 0 Å². The summed E-state index contributed by atoms with van der Waals surface area (Å²) in [5.74, 6) is 2.07. The van der Waals surface area contributed by atoms with Gasteiger partial charge >= 0.3 is 0 Å². The third kappa shape index (κ3) is 16.9. The third-order valence-corrected chi connectivity index (χ3v) is 28.0. The van der Waals surface area contributed by atoms with Gasteiger partial charge in [-0.05, 0) is 200 Å². The van der Waals surface area contributed by atoms with Crippen molar-refractivity contribution in [1.82, 2.24) is 29.9 Å². The number of hydrogen-bond acceptors (Lipinski definition) is 6. The molecular weight excluding hydrogens is 1710 g/mol. The highest BCUT2D eigenvalue weighted by atomic mass is 14.9. The molecule has 0 aliphatic heterocycles. The van der Waals surface area contributed by atoms with Crippen LogP contribution in [0.2, 0.25) is 0 Å². The van der Waals surface area contributed by atoms with Crippen molar-refractivity contribution in [1.29, 1.82) is 0 Å². The molecule has 0 saturated heterocycles. The van der Waals surface area contributed by atoms with E-state index in [4.69, 9.17) is 49.6 Å². The van der Waals surface area contributed by atoms with Crippen LogP contribution in [0.4, 0.5) is 17.1 Å². The fraction of sp³-hybridized carbons (Fsp3) is 0.0682. The number of benzene rings is 18. The smallest absolute Gasteiger partial charge is 0.195 e. The minimum Gasteiger partial charge on any atom is -0.238 e. The fourth-order valence-corrected chi connectivity index (χ4v) is 20.6. The molecular formula is C132H93N9. The summed E-state index contributed by atoms with van der Waals surface area (Å²) in [5.41, 5.74) is 43.9. The standard InChI is InChI=1S/C50H35N3.C44H31N3.C38H27N3/c1-50(2)44-27-26-41(51-3)31-43(44)48-42(24-13-25-45(48)50)37-20-12-23-40(30-37)49-52-46(38-21-10-18-35(28-38)33-14-6-4-7-15-33)32-47(53-49)39-22-11-19-36(29-39)34-16-8-5-9-17-34;1-44(2)37-18-11-19-39(45-3)42(37)36-25-24-34(27-38(36)44)33-16-10-17-35(26-33)41-28-40(46-43(47-41)32-14-8-5-9-15-32)31-22-20-30(21-23-31)29-12-6-4-7-13-29;1-38(2)31-18-11-19-33(39-3)36(31)30-21-20-28(23-32(30)38)27-16-10-17-29(22-27)35-24-34(25-12-6-4-7-13-25)40-37(41-35)26-14-8-5-9-15-26/h4-32H,1-2H3;4-28H,1-2H3;4-24H,1-2H3. The zero-order valence-corrected chi connectivity index (χ0v) is 78.8. The number of aromatic nitrogens is 6. The molecule has 3 aliphatic carbocycles. The quantitative estimate of drug-likeness (QED) is 0.0950. The molecule has 0 unspecified atom stereocenters. The van der Waals surface area contributed by atoms with Gasteiger partial charge in [0.2, 0.25) is 0 Å². The maximum Gasteiger partial charge on any atom is 0.195 e. The Labute approximate surface area is 823 Å². The van der Waals surface area contributed by atoms with Crippen molar-refractivity contribution < 1.29 is 0 Å². The van der Waals surface area contributed by atoms with Gasteiger partial charge in [0.15, 0.2) is 34.5 Å². The lowest BCUT2D eigenvalue weighted by Crippen LogP contribution is -2.14. The highest BCUT2D eigenvalue weighted by molar-refractivity contribution is 5.97. The van der Waals surface area contributed by atoms with Crippen molar-refractivity contribution in [2.24, 2.45) is 0 Å². The summed E-state index contributed by atoms with van der Waals surface area (Å²) in [5, 5.41) is 0. The van der Waals surface area contributed by atoms with Crippen molar-refractivity contribution in [3.05, 3.63) is 523 Å². The van der Waals surface area contributed by atoms with E-state index in [1.54, 1.807) is 0 Å². The van der Waals surface area contributed by atoms with Gasteiger partial charge in [-0.15, -0.1) is 0 Å². The van der Waals surface area contributed by atoms with Crippen LogP contribution in [-0.4, -0.2) is 29.9 Å². The van der Waals surface area contributed by atoms with E-state index in [0.29, 0.717) is 28.8 Å². The van der Waals surface area contributed by atoms with E-state index in [1.165, 1.54) is 50.1 Å². The zero-order chi connectivity index (χ0) is 95.9. The number of hydrogen-bond donors (Lipinski definition) is 0. The molecule has 18 aromatic carbocycles. The van der Waals surface area contributed by atoms with Gasteiger partial charge < -0.3 is 0 Å². The molecule has 0 bridgehead atoms. The fourth-order valence-electron chi connectivity index (χ4n) is 20.6. The molecule has 9 nitrogen and oxygen atoms in total. The predicted molar refractivity (Wildman–Crippen MR) is 579 cm³/mol. The summed E-state index contributed by atoms with van der Waals surface area (Å²) in [6, 6.07) is 158. The van der Waals surface area contributed by atoms with E-state index in [2.05, 4.69) is 396 Å². The van der Waals surface area contributed by atoms with Gasteiger partial charge in [0, 0.05) is 66.3 Å². The van der Waals surface area contributed by atoms with Gasteiger partial charge in [0.05, 0.1) is 53.9 Å². The Kier molecular flexibility index (Phi) is 23.1. The molecule has 0 fully saturated rings. The Morgan fingerprint density at radius 1 is 0.163 bits per heavy atom. The van der Waals surface area contributed by atoms with Crippen LogP contribution in [0.15, 0.2) is 455 Å². The van der Waals surface area contributed by atoms with Gasteiger partial charge in [-0.25, -0.2) is 44.4 Å². The van der Waals surface area contributed by atoms with Crippen molar-refractivity contribution >= 4 is 17.1 Å². The van der Waals surface area contributed by atoms with Crippen LogP contribution in [0.3, 0.4) is 0 Å². The van der Waals surface area contributed by atoms with E-state index in [-0.39, 0.29) is 16.2 Å². The molecule has 0 radical (unpaired) electrons. The Morgan fingerprint density at radius 2 is 0.433 bits per heavy atom. The van der Waals surface area contributed by atoms with Crippen molar-refractivity contribution in [2.45, 2.75) is 57.8 Å². The summed E-state index contributed by atoms with van der Waals surface area (Å²) in [4.78, 5) is 42.0. The Morgan fingerprint density at radius 3 is 0.830 bits per heavy atom. The van der Waals surface area contributed by atoms with Gasteiger partial charge in [0.25, 0.3) is 0 Å². The summed E-state index contributed by atoms with van der Waals surface area (Å²) < 4.78 is 0. The molecule has 3 aromatic heterocycles. The van der Waals surface area contributed by atoms with Gasteiger partial charge in [-0.1, -0.05) is 430 Å². The van der Waals surface area contributed by atoms with E-state index < -0.39 is 0 Å². The largest absolute Gasteiger partial charge is 0.238 e. The molecule has 3 aliphatic rings. The number of rotatable bonds is 15. The van der Waals surface area contributed by atoms with Crippen molar-refractivity contribution in [3.8, 4) is 202 Å². The Bertz CT molecular complexity index is 8400. The normalized spacial score (nSPS) is 12.6. The Hall–Kier alpha value is -18.3. The molecule has 141 heavy (non-hydrogen) atoms. The maximum atomic E-state index is 7.76. The van der Waals surface area contributed by atoms with E-state index in [1.807, 2.05) is 115 Å². The first-order valence-corrected chi connectivity index (χ1v) is 47.6. The van der Waals surface area contributed by atoms with Crippen LogP contribution in [0.25, 0.3) is 216 Å². The van der Waals surface area contributed by atoms with Crippen LogP contribution in [0.1, 0.15) is 74.9 Å². The number of nitrogens with zero attached hydrogens (tertiary/aromatic N) is 9. The van der Waals surface area contributed by atoms with Crippen molar-refractivity contribution in [2.75, 3.05) is 0 Å². The van der Waals surface area contributed by atoms with Crippen LogP contribution < -0.4 is 0 Å². The topological polar surface area (TPSA) is 90.4 Å². The monoisotopic (exact) mass is 1800 g/mol. The second-order valence-electron chi connectivity index (χ2n) is 37.7. The van der Waals surface area contributed by atoms with E-state index in [0.717, 1.165) is 173 Å². The van der Waals surface area contributed by atoms with Crippen LogP contribution in [-0.2, 0) is 16.2 Å². The van der Waals surface area contributed by atoms with Crippen LogP contribution >= 0.6 is 0 Å². The lowest BCUT2D eigenvalue weighted by molar-refractivity contribution is 0.660. The lowest BCUT2D eigenvalue weighted by atomic mass is 9.81. The molecule has 0 amide bonds. The first kappa shape index (κ1) is 88.0. The van der Waals surface area contributed by atoms with Crippen molar-refractivity contribution in [3.63, 3.8) is 0 Å². The SMILES string of the molecule is [C-]#[N+]c1ccc2c(c1)-c1c(-c3cccc(-c4nc(-c5cccc(-c6ccccc6)c5)cc(-c5cccc(-c6ccccc6)c5)n4)c3)cccc1C2(C)C.[C-]#[N+]c1cccc2c1-c1ccc(-c3cccc(-c4cc(-c5ccc(-c6ccccc6)cc5)nc(-c5ccccc5)n4)c3)cc1C2(C)C.[C-]#[N+]c1cccc2c1-c1ccc(-c3cccc(-c4cc(-c5ccccc5)nc(-c5ccccc5)n4)c3)cc1C2(C)C. The average molecular weight is 1810 g/mol. The molecule has 0 saturated carbocycles. The van der Waals surface area contributed by atoms with Gasteiger partial charge in [-0.2, -0.15) is 0 Å². The summed E-state index contributed by atoms with van der Waals surface area (Å²) in [7, 11) is 0. The predicted octanol–water partition coefficient (Wildman–Crippen LogP) is 35.0. The Balaban J connectivity index is 0.000000122. The second kappa shape index (κ2) is 37.1. The molecule has 666 valence electrons. The molecule has 3 heterocycles. The minimum absolute atomic E-state index is 0.173. The van der Waals surface area contributed by atoms with Crippen LogP contribution in [0, 0.1) is 19.7 Å². The first-order chi connectivity index (χ1) is 69.0. The molecule has 21 aromatic rings. The number of fused-ring (bicyclic) bond motifs is 9. The summed E-state index contributed by atoms with van der Waals surface area (Å²) >= 11 is 0. The van der Waals surface area contributed by atoms with E-state index >= 15 is 0 Å². The minimum atomic E-state index is -0.193. The molecule has 0 atom stereocenters. The maximum absolute atomic E-state index is 7.76. The highest BCUT2D eigenvalue weighted by Crippen LogP contribution is 2.57. The molecule has 9 heteroatoms. The molecule has 0 N–H and O–H groups in total. The first-order valence-electron chi connectivity index (χ1n) is 47.6. The lowest BCUT2D eigenvalue weighted by Gasteiger charge is -2.22. The van der Waals surface area contributed by atoms with Gasteiger partial charge in [0.1, 0.15) is 0 Å².